The van der Waals surface area contributed by atoms with E-state index >= 15 is 0 Å². The van der Waals surface area contributed by atoms with E-state index in [0.29, 0.717) is 5.69 Å². The number of nitrogens with two attached hydrogens (primary N) is 1. The lowest BCUT2D eigenvalue weighted by Gasteiger charge is -2.31. The van der Waals surface area contributed by atoms with Crippen LogP contribution in [0.25, 0.3) is 0 Å². The van der Waals surface area contributed by atoms with Crippen molar-refractivity contribution in [1.82, 2.24) is 19.2 Å². The van der Waals surface area contributed by atoms with Crippen molar-refractivity contribution in [3.05, 3.63) is 93.3 Å². The standard InChI is InChI=1S/C26H33N5O6S/c1-18(2)15-31(38(36,37)21-10-8-20(27)9-11-21)16-23(32)22(14-19-6-4-3-5-7-19)28-25(34)17-30-13-12-24(33)29-26(30)35/h3-13,18,22-23,32H,14-17,27H2,1-2H3,(H,28,34)(H,29,33,35)/t22-,23+/m0/s1. The summed E-state index contributed by atoms with van der Waals surface area (Å²) in [4.78, 5) is 38.3. The van der Waals surface area contributed by atoms with Crippen molar-refractivity contribution in [3.8, 4) is 0 Å². The molecule has 0 saturated carbocycles. The lowest BCUT2D eigenvalue weighted by molar-refractivity contribution is -0.123. The summed E-state index contributed by atoms with van der Waals surface area (Å²) in [5.74, 6) is -0.629. The van der Waals surface area contributed by atoms with Crippen molar-refractivity contribution in [2.24, 2.45) is 5.92 Å². The van der Waals surface area contributed by atoms with Crippen LogP contribution in [-0.2, 0) is 27.8 Å². The van der Waals surface area contributed by atoms with Gasteiger partial charge in [-0.1, -0.05) is 44.2 Å². The van der Waals surface area contributed by atoms with Crippen LogP contribution in [0.2, 0.25) is 0 Å². The molecule has 1 aromatic heterocycles. The molecular formula is C26H33N5O6S. The van der Waals surface area contributed by atoms with E-state index in [4.69, 9.17) is 5.73 Å². The monoisotopic (exact) mass is 543 g/mol. The molecule has 0 spiro atoms. The van der Waals surface area contributed by atoms with Crippen LogP contribution >= 0.6 is 0 Å². The van der Waals surface area contributed by atoms with Crippen molar-refractivity contribution in [3.63, 3.8) is 0 Å². The second-order valence-corrected chi connectivity index (χ2v) is 11.4. The van der Waals surface area contributed by atoms with Gasteiger partial charge in [0.15, 0.2) is 0 Å². The molecule has 12 heteroatoms. The highest BCUT2D eigenvalue weighted by Gasteiger charge is 2.31. The van der Waals surface area contributed by atoms with Crippen molar-refractivity contribution in [2.45, 2.75) is 43.9 Å². The molecule has 0 bridgehead atoms. The highest BCUT2D eigenvalue weighted by atomic mass is 32.2. The number of aliphatic hydroxyl groups excluding tert-OH is 1. The number of hydrogen-bond donors (Lipinski definition) is 4. The number of sulfonamides is 1. The maximum Gasteiger partial charge on any atom is 0.328 e. The number of aromatic nitrogens is 2. The van der Waals surface area contributed by atoms with E-state index in [-0.39, 0.29) is 30.3 Å². The predicted octanol–water partition coefficient (Wildman–Crippen LogP) is 0.554. The fraction of sp³-hybridized carbons (Fsp3) is 0.346. The summed E-state index contributed by atoms with van der Waals surface area (Å²) in [7, 11) is -3.98. The number of rotatable bonds is 12. The van der Waals surface area contributed by atoms with Crippen molar-refractivity contribution >= 4 is 21.6 Å². The van der Waals surface area contributed by atoms with Gasteiger partial charge in [-0.2, -0.15) is 4.31 Å². The minimum atomic E-state index is -3.98. The Bertz CT molecular complexity index is 1440. The fourth-order valence-corrected chi connectivity index (χ4v) is 5.55. The molecule has 0 unspecified atom stereocenters. The molecule has 5 N–H and O–H groups in total. The number of aromatic amines is 1. The normalized spacial score (nSPS) is 13.4. The Morgan fingerprint density at radius 1 is 1.05 bits per heavy atom. The zero-order valence-electron chi connectivity index (χ0n) is 21.3. The minimum absolute atomic E-state index is 0.0416. The van der Waals surface area contributed by atoms with Gasteiger partial charge in [0.05, 0.1) is 17.0 Å². The Kier molecular flexibility index (Phi) is 9.61. The summed E-state index contributed by atoms with van der Waals surface area (Å²) in [5, 5.41) is 14.0. The number of nitrogens with one attached hydrogen (secondary N) is 2. The van der Waals surface area contributed by atoms with Gasteiger partial charge in [-0.25, -0.2) is 13.2 Å². The zero-order chi connectivity index (χ0) is 27.9. The number of nitrogens with zero attached hydrogens (tertiary/aromatic N) is 2. The molecule has 204 valence electrons. The molecule has 3 aromatic rings. The van der Waals surface area contributed by atoms with Gasteiger partial charge in [-0.15, -0.1) is 0 Å². The third kappa shape index (κ3) is 7.88. The summed E-state index contributed by atoms with van der Waals surface area (Å²) in [5.41, 5.74) is 5.62. The lowest BCUT2D eigenvalue weighted by Crippen LogP contribution is -2.52. The van der Waals surface area contributed by atoms with E-state index in [1.807, 2.05) is 44.2 Å². The third-order valence-corrected chi connectivity index (χ3v) is 7.64. The summed E-state index contributed by atoms with van der Waals surface area (Å²) in [6.45, 7) is 3.20. The largest absolute Gasteiger partial charge is 0.399 e. The molecule has 0 fully saturated rings. The van der Waals surface area contributed by atoms with Crippen LogP contribution < -0.4 is 22.3 Å². The van der Waals surface area contributed by atoms with Crippen molar-refractivity contribution < 1.29 is 18.3 Å². The second-order valence-electron chi connectivity index (χ2n) is 9.45. The number of carbonyl (C=O) groups is 1. The predicted molar refractivity (Wildman–Crippen MR) is 144 cm³/mol. The van der Waals surface area contributed by atoms with E-state index in [1.54, 1.807) is 0 Å². The van der Waals surface area contributed by atoms with Gasteiger partial charge in [-0.3, -0.25) is 19.1 Å². The van der Waals surface area contributed by atoms with Crippen LogP contribution in [0.5, 0.6) is 0 Å². The molecule has 3 rings (SSSR count). The first kappa shape index (κ1) is 28.8. The number of H-pyrrole nitrogens is 1. The highest BCUT2D eigenvalue weighted by Crippen LogP contribution is 2.20. The lowest BCUT2D eigenvalue weighted by atomic mass is 10.0. The Balaban J connectivity index is 1.85. The first-order valence-electron chi connectivity index (χ1n) is 12.1. The van der Waals surface area contributed by atoms with Crippen LogP contribution in [0, 0.1) is 5.92 Å². The van der Waals surface area contributed by atoms with Crippen LogP contribution in [-0.4, -0.2) is 58.5 Å². The molecule has 38 heavy (non-hydrogen) atoms. The van der Waals surface area contributed by atoms with Gasteiger partial charge >= 0.3 is 5.69 Å². The van der Waals surface area contributed by atoms with Crippen LogP contribution in [0.4, 0.5) is 5.69 Å². The molecule has 0 aliphatic rings. The molecule has 0 aliphatic carbocycles. The van der Waals surface area contributed by atoms with Gasteiger partial charge < -0.3 is 16.2 Å². The Labute approximate surface area is 221 Å². The Morgan fingerprint density at radius 3 is 2.32 bits per heavy atom. The second kappa shape index (κ2) is 12.7. The van der Waals surface area contributed by atoms with E-state index in [9.17, 15) is 27.9 Å². The van der Waals surface area contributed by atoms with Gasteiger partial charge in [0.1, 0.15) is 6.54 Å². The Morgan fingerprint density at radius 2 is 1.71 bits per heavy atom. The molecule has 1 heterocycles. The van der Waals surface area contributed by atoms with Gasteiger partial charge in [0, 0.05) is 31.0 Å². The summed E-state index contributed by atoms with van der Waals surface area (Å²) in [6, 6.07) is 15.2. The van der Waals surface area contributed by atoms with Gasteiger partial charge in [0.2, 0.25) is 15.9 Å². The molecular weight excluding hydrogens is 510 g/mol. The maximum absolute atomic E-state index is 13.4. The molecule has 0 saturated heterocycles. The summed E-state index contributed by atoms with van der Waals surface area (Å²) in [6.07, 6.45) is 0.132. The molecule has 0 aliphatic heterocycles. The molecule has 2 aromatic carbocycles. The number of amides is 1. The number of carbonyl (C=O) groups excluding carboxylic acids is 1. The number of aliphatic hydroxyl groups is 1. The average Bonchev–Trinajstić information content (AvgIpc) is 2.85. The smallest absolute Gasteiger partial charge is 0.328 e. The van der Waals surface area contributed by atoms with Crippen molar-refractivity contribution in [2.75, 3.05) is 18.8 Å². The average molecular weight is 544 g/mol. The number of nitrogen functional groups attached to an aromatic ring is 1. The van der Waals surface area contributed by atoms with Crippen LogP contribution in [0.1, 0.15) is 19.4 Å². The maximum atomic E-state index is 13.4. The highest BCUT2D eigenvalue weighted by molar-refractivity contribution is 7.89. The molecule has 0 radical (unpaired) electrons. The molecule has 1 amide bonds. The van der Waals surface area contributed by atoms with E-state index < -0.39 is 45.9 Å². The first-order chi connectivity index (χ1) is 18.0. The minimum Gasteiger partial charge on any atom is -0.399 e. The van der Waals surface area contributed by atoms with E-state index in [1.165, 1.54) is 34.8 Å². The number of benzene rings is 2. The molecule has 2 atom stereocenters. The summed E-state index contributed by atoms with van der Waals surface area (Å²) >= 11 is 0. The molecule has 11 nitrogen and oxygen atoms in total. The van der Waals surface area contributed by atoms with Gasteiger partial charge in [0.25, 0.3) is 5.56 Å². The van der Waals surface area contributed by atoms with E-state index in [2.05, 4.69) is 10.3 Å². The van der Waals surface area contributed by atoms with E-state index in [0.717, 1.165) is 16.2 Å². The zero-order valence-corrected chi connectivity index (χ0v) is 22.1. The number of anilines is 1. The van der Waals surface area contributed by atoms with Crippen LogP contribution in [0.15, 0.2) is 81.3 Å². The third-order valence-electron chi connectivity index (χ3n) is 5.80. The quantitative estimate of drug-likeness (QED) is 0.242. The fourth-order valence-electron chi connectivity index (χ4n) is 3.93. The number of hydrogen-bond acceptors (Lipinski definition) is 7. The Hall–Kier alpha value is -3.74. The van der Waals surface area contributed by atoms with Crippen molar-refractivity contribution in [1.29, 1.82) is 0 Å². The SMILES string of the molecule is CC(C)CN(C[C@@H](O)[C@H](Cc1ccccc1)NC(=O)Cn1ccc(=O)[nH]c1=O)S(=O)(=O)c1ccc(N)cc1. The topological polar surface area (TPSA) is 168 Å². The first-order valence-corrected chi connectivity index (χ1v) is 13.6. The van der Waals surface area contributed by atoms with Crippen LogP contribution in [0.3, 0.4) is 0 Å². The van der Waals surface area contributed by atoms with Gasteiger partial charge in [-0.05, 0) is 42.2 Å². The summed E-state index contributed by atoms with van der Waals surface area (Å²) < 4.78 is 29.1.